The van der Waals surface area contributed by atoms with Crippen molar-refractivity contribution in [3.63, 3.8) is 0 Å². The van der Waals surface area contributed by atoms with E-state index in [0.29, 0.717) is 18.5 Å². The van der Waals surface area contributed by atoms with Gasteiger partial charge in [-0.3, -0.25) is 9.59 Å². The quantitative estimate of drug-likeness (QED) is 0.630. The molecule has 34 heavy (non-hydrogen) atoms. The smallest absolute Gasteiger partial charge is 0.243 e. The third kappa shape index (κ3) is 5.31. The van der Waals surface area contributed by atoms with Crippen molar-refractivity contribution in [2.75, 3.05) is 17.2 Å². The molecule has 2 aromatic carbocycles. The number of aryl methyl sites for hydroxylation is 1. The van der Waals surface area contributed by atoms with Crippen molar-refractivity contribution in [3.8, 4) is 0 Å². The molecule has 0 radical (unpaired) electrons. The Balaban J connectivity index is 1.47. The third-order valence-corrected chi connectivity index (χ3v) is 8.52. The van der Waals surface area contributed by atoms with Crippen molar-refractivity contribution in [3.05, 3.63) is 53.8 Å². The van der Waals surface area contributed by atoms with Gasteiger partial charge < -0.3 is 10.6 Å². The number of halogens is 1. The van der Waals surface area contributed by atoms with E-state index in [-0.39, 0.29) is 29.0 Å². The summed E-state index contributed by atoms with van der Waals surface area (Å²) in [4.78, 5) is 25.7. The van der Waals surface area contributed by atoms with Gasteiger partial charge in [-0.25, -0.2) is 12.8 Å². The number of rotatable bonds is 6. The van der Waals surface area contributed by atoms with Crippen LogP contribution in [-0.2, 0) is 19.6 Å². The number of benzene rings is 2. The first kappa shape index (κ1) is 24.3. The SMILES string of the molecule is Cc1ccc(S(=O)(=O)N2CCC[C@H]2C(=O)Nc2ccc(F)c(NC(=O)C3CCCCC3)c2)cc1. The minimum absolute atomic E-state index is 0.00364. The summed E-state index contributed by atoms with van der Waals surface area (Å²) in [6.45, 7) is 2.12. The van der Waals surface area contributed by atoms with E-state index >= 15 is 0 Å². The molecule has 2 aliphatic rings. The van der Waals surface area contributed by atoms with Crippen LogP contribution in [0.3, 0.4) is 0 Å². The topological polar surface area (TPSA) is 95.6 Å². The molecule has 0 aromatic heterocycles. The monoisotopic (exact) mass is 487 g/mol. The number of hydrogen-bond acceptors (Lipinski definition) is 4. The lowest BCUT2D eigenvalue weighted by Crippen LogP contribution is -2.43. The van der Waals surface area contributed by atoms with Gasteiger partial charge in [0.1, 0.15) is 11.9 Å². The number of anilines is 2. The van der Waals surface area contributed by atoms with Gasteiger partial charge in [-0.2, -0.15) is 4.31 Å². The lowest BCUT2D eigenvalue weighted by Gasteiger charge is -2.24. The van der Waals surface area contributed by atoms with Gasteiger partial charge in [0, 0.05) is 18.2 Å². The van der Waals surface area contributed by atoms with E-state index in [1.54, 1.807) is 24.3 Å². The zero-order valence-electron chi connectivity index (χ0n) is 19.2. The van der Waals surface area contributed by atoms with Gasteiger partial charge >= 0.3 is 0 Å². The molecule has 9 heteroatoms. The van der Waals surface area contributed by atoms with Gasteiger partial charge in [-0.1, -0.05) is 37.0 Å². The molecule has 1 saturated heterocycles. The van der Waals surface area contributed by atoms with Crippen LogP contribution in [0.2, 0.25) is 0 Å². The highest BCUT2D eigenvalue weighted by molar-refractivity contribution is 7.89. The molecule has 2 fully saturated rings. The van der Waals surface area contributed by atoms with Crippen LogP contribution >= 0.6 is 0 Å². The molecule has 0 spiro atoms. The van der Waals surface area contributed by atoms with Crippen molar-refractivity contribution < 1.29 is 22.4 Å². The molecule has 2 N–H and O–H groups in total. The fourth-order valence-electron chi connectivity index (χ4n) is 4.66. The molecule has 1 heterocycles. The van der Waals surface area contributed by atoms with Crippen LogP contribution in [0, 0.1) is 18.7 Å². The molecule has 0 bridgehead atoms. The summed E-state index contributed by atoms with van der Waals surface area (Å²) in [7, 11) is -3.83. The minimum Gasteiger partial charge on any atom is -0.325 e. The normalized spacial score (nSPS) is 19.6. The Labute approximate surface area is 199 Å². The van der Waals surface area contributed by atoms with E-state index in [1.165, 1.54) is 22.5 Å². The number of hydrogen-bond donors (Lipinski definition) is 2. The van der Waals surface area contributed by atoms with Gasteiger partial charge in [-0.05, 0) is 62.9 Å². The highest BCUT2D eigenvalue weighted by atomic mass is 32.2. The van der Waals surface area contributed by atoms with Crippen molar-refractivity contribution in [2.45, 2.75) is 62.8 Å². The molecule has 0 unspecified atom stereocenters. The Hall–Kier alpha value is -2.78. The molecule has 1 atom stereocenters. The van der Waals surface area contributed by atoms with Crippen molar-refractivity contribution >= 4 is 33.2 Å². The summed E-state index contributed by atoms with van der Waals surface area (Å²) in [5, 5.41) is 5.35. The van der Waals surface area contributed by atoms with E-state index in [4.69, 9.17) is 0 Å². The molecule has 1 aliphatic carbocycles. The Kier molecular flexibility index (Phi) is 7.33. The first-order valence-corrected chi connectivity index (χ1v) is 13.2. The van der Waals surface area contributed by atoms with Gasteiger partial charge in [-0.15, -0.1) is 0 Å². The zero-order chi connectivity index (χ0) is 24.3. The second kappa shape index (κ2) is 10.2. The second-order valence-electron chi connectivity index (χ2n) is 9.09. The number of sulfonamides is 1. The van der Waals surface area contributed by atoms with E-state index in [1.807, 2.05) is 6.92 Å². The highest BCUT2D eigenvalue weighted by Gasteiger charge is 2.39. The van der Waals surface area contributed by atoms with Crippen molar-refractivity contribution in [1.29, 1.82) is 0 Å². The molecule has 7 nitrogen and oxygen atoms in total. The van der Waals surface area contributed by atoms with Crippen LogP contribution in [0.15, 0.2) is 47.4 Å². The van der Waals surface area contributed by atoms with Crippen LogP contribution in [0.25, 0.3) is 0 Å². The van der Waals surface area contributed by atoms with Crippen molar-refractivity contribution in [2.24, 2.45) is 5.92 Å². The minimum atomic E-state index is -3.83. The Morgan fingerprint density at radius 2 is 1.62 bits per heavy atom. The van der Waals surface area contributed by atoms with Crippen LogP contribution in [0.5, 0.6) is 0 Å². The van der Waals surface area contributed by atoms with Gasteiger partial charge in [0.05, 0.1) is 10.6 Å². The number of carbonyl (C=O) groups excluding carboxylic acids is 2. The number of amides is 2. The summed E-state index contributed by atoms with van der Waals surface area (Å²) in [6.07, 6.45) is 5.62. The maximum atomic E-state index is 14.4. The largest absolute Gasteiger partial charge is 0.325 e. The first-order chi connectivity index (χ1) is 16.3. The van der Waals surface area contributed by atoms with Crippen LogP contribution < -0.4 is 10.6 Å². The maximum absolute atomic E-state index is 14.4. The lowest BCUT2D eigenvalue weighted by molar-refractivity contribution is -0.121. The summed E-state index contributed by atoms with van der Waals surface area (Å²) >= 11 is 0. The lowest BCUT2D eigenvalue weighted by atomic mass is 9.88. The average molecular weight is 488 g/mol. The summed E-state index contributed by atoms with van der Waals surface area (Å²) in [6, 6.07) is 9.62. The first-order valence-electron chi connectivity index (χ1n) is 11.8. The fourth-order valence-corrected chi connectivity index (χ4v) is 6.32. The molecule has 182 valence electrons. The van der Waals surface area contributed by atoms with E-state index in [0.717, 1.165) is 37.7 Å². The van der Waals surface area contributed by atoms with Crippen LogP contribution in [0.1, 0.15) is 50.5 Å². The molecule has 4 rings (SSSR count). The standard InChI is InChI=1S/C25H30FN3O4S/c1-17-9-12-20(13-10-17)34(32,33)29-15-5-8-23(29)25(31)27-19-11-14-21(26)22(16-19)28-24(30)18-6-3-2-4-7-18/h9-14,16,18,23H,2-8,15H2,1H3,(H,27,31)(H,28,30)/t23-/m0/s1. The molecular weight excluding hydrogens is 457 g/mol. The molecule has 2 aromatic rings. The number of nitrogens with zero attached hydrogens (tertiary/aromatic N) is 1. The Bertz CT molecular complexity index is 1160. The zero-order valence-corrected chi connectivity index (χ0v) is 20.0. The second-order valence-corrected chi connectivity index (χ2v) is 11.0. The summed E-state index contributed by atoms with van der Waals surface area (Å²) in [5.74, 6) is -1.42. The highest BCUT2D eigenvalue weighted by Crippen LogP contribution is 2.29. The Morgan fingerprint density at radius 1 is 0.912 bits per heavy atom. The molecule has 1 aliphatic heterocycles. The predicted octanol–water partition coefficient (Wildman–Crippen LogP) is 4.44. The van der Waals surface area contributed by atoms with Gasteiger partial charge in [0.2, 0.25) is 21.8 Å². The average Bonchev–Trinajstić information content (AvgIpc) is 3.33. The number of nitrogens with one attached hydrogen (secondary N) is 2. The summed E-state index contributed by atoms with van der Waals surface area (Å²) in [5.41, 5.74) is 1.24. The van der Waals surface area contributed by atoms with Crippen LogP contribution in [0.4, 0.5) is 15.8 Å². The van der Waals surface area contributed by atoms with Crippen molar-refractivity contribution in [1.82, 2.24) is 4.31 Å². The van der Waals surface area contributed by atoms with Crippen LogP contribution in [-0.4, -0.2) is 37.1 Å². The van der Waals surface area contributed by atoms with E-state index in [9.17, 15) is 22.4 Å². The number of carbonyl (C=O) groups is 2. The molecular formula is C25H30FN3O4S. The van der Waals surface area contributed by atoms with Gasteiger partial charge in [0.15, 0.2) is 0 Å². The van der Waals surface area contributed by atoms with E-state index < -0.39 is 27.8 Å². The molecule has 2 amide bonds. The Morgan fingerprint density at radius 3 is 2.32 bits per heavy atom. The van der Waals surface area contributed by atoms with E-state index in [2.05, 4.69) is 10.6 Å². The van der Waals surface area contributed by atoms with Gasteiger partial charge in [0.25, 0.3) is 0 Å². The summed E-state index contributed by atoms with van der Waals surface area (Å²) < 4.78 is 41.8. The molecule has 1 saturated carbocycles. The third-order valence-electron chi connectivity index (χ3n) is 6.60. The maximum Gasteiger partial charge on any atom is 0.243 e. The predicted molar refractivity (Wildman–Crippen MR) is 128 cm³/mol. The fraction of sp³-hybridized carbons (Fsp3) is 0.440.